The number of ether oxygens (including phenoxy) is 1. The van der Waals surface area contributed by atoms with E-state index in [1.807, 2.05) is 37.3 Å². The van der Waals surface area contributed by atoms with Gasteiger partial charge in [0.15, 0.2) is 11.6 Å². The molecule has 0 unspecified atom stereocenters. The predicted octanol–water partition coefficient (Wildman–Crippen LogP) is 2.41. The van der Waals surface area contributed by atoms with Gasteiger partial charge in [-0.25, -0.2) is 4.98 Å². The second-order valence-electron chi connectivity index (χ2n) is 3.68. The first-order chi connectivity index (χ1) is 8.29. The number of nitrogens with zero attached hydrogens (tertiary/aromatic N) is 2. The molecule has 0 aromatic carbocycles. The highest BCUT2D eigenvalue weighted by molar-refractivity contribution is 5.49. The largest absolute Gasteiger partial charge is 0.493 e. The molecular formula is C13H15N3O. The molecule has 0 saturated heterocycles. The molecule has 2 aromatic rings. The molecule has 0 bridgehead atoms. The predicted molar refractivity (Wildman–Crippen MR) is 67.1 cm³/mol. The van der Waals surface area contributed by atoms with Gasteiger partial charge in [-0.15, -0.1) is 0 Å². The van der Waals surface area contributed by atoms with Crippen molar-refractivity contribution >= 4 is 5.82 Å². The van der Waals surface area contributed by atoms with Gasteiger partial charge in [-0.3, -0.25) is 4.98 Å². The zero-order valence-electron chi connectivity index (χ0n) is 9.97. The fourth-order valence-corrected chi connectivity index (χ4v) is 1.56. The van der Waals surface area contributed by atoms with E-state index < -0.39 is 0 Å². The van der Waals surface area contributed by atoms with Crippen LogP contribution in [0, 0.1) is 6.92 Å². The third-order valence-corrected chi connectivity index (χ3v) is 2.37. The number of hydrogen-bond acceptors (Lipinski definition) is 4. The summed E-state index contributed by atoms with van der Waals surface area (Å²) >= 11 is 0. The van der Waals surface area contributed by atoms with Crippen LogP contribution in [0.1, 0.15) is 11.4 Å². The monoisotopic (exact) mass is 229 g/mol. The maximum absolute atomic E-state index is 5.21. The first-order valence-electron chi connectivity index (χ1n) is 5.45. The van der Waals surface area contributed by atoms with E-state index in [9.17, 15) is 0 Å². The second-order valence-corrected chi connectivity index (χ2v) is 3.68. The van der Waals surface area contributed by atoms with Crippen LogP contribution in [0.2, 0.25) is 0 Å². The first-order valence-corrected chi connectivity index (χ1v) is 5.45. The van der Waals surface area contributed by atoms with Crippen molar-refractivity contribution in [3.63, 3.8) is 0 Å². The van der Waals surface area contributed by atoms with E-state index in [2.05, 4.69) is 15.3 Å². The van der Waals surface area contributed by atoms with Crippen molar-refractivity contribution < 1.29 is 4.74 Å². The zero-order valence-corrected chi connectivity index (χ0v) is 9.97. The van der Waals surface area contributed by atoms with Crippen molar-refractivity contribution in [3.05, 3.63) is 47.9 Å². The lowest BCUT2D eigenvalue weighted by atomic mass is 10.3. The fourth-order valence-electron chi connectivity index (χ4n) is 1.56. The summed E-state index contributed by atoms with van der Waals surface area (Å²) in [5.41, 5.74) is 2.00. The summed E-state index contributed by atoms with van der Waals surface area (Å²) in [6.07, 6.45) is 1.73. The number of rotatable bonds is 4. The van der Waals surface area contributed by atoms with Crippen LogP contribution in [0.5, 0.6) is 5.75 Å². The van der Waals surface area contributed by atoms with Gasteiger partial charge in [0, 0.05) is 11.9 Å². The van der Waals surface area contributed by atoms with Gasteiger partial charge in [0.2, 0.25) is 0 Å². The number of nitrogens with one attached hydrogen (secondary N) is 1. The highest BCUT2D eigenvalue weighted by atomic mass is 16.5. The van der Waals surface area contributed by atoms with E-state index in [0.29, 0.717) is 6.54 Å². The summed E-state index contributed by atoms with van der Waals surface area (Å²) in [7, 11) is 1.63. The van der Waals surface area contributed by atoms with E-state index >= 15 is 0 Å². The molecule has 88 valence electrons. The smallest absolute Gasteiger partial charge is 0.169 e. The Kier molecular flexibility index (Phi) is 3.55. The van der Waals surface area contributed by atoms with E-state index in [-0.39, 0.29) is 0 Å². The van der Waals surface area contributed by atoms with Gasteiger partial charge in [-0.2, -0.15) is 0 Å². The lowest BCUT2D eigenvalue weighted by Gasteiger charge is -2.09. The van der Waals surface area contributed by atoms with Crippen molar-refractivity contribution in [2.45, 2.75) is 13.5 Å². The molecule has 4 nitrogen and oxygen atoms in total. The number of aromatic nitrogens is 2. The number of pyridine rings is 2. The molecule has 0 aliphatic rings. The molecular weight excluding hydrogens is 214 g/mol. The highest BCUT2D eigenvalue weighted by Gasteiger charge is 2.02. The Hall–Kier alpha value is -2.10. The van der Waals surface area contributed by atoms with Crippen LogP contribution in [-0.4, -0.2) is 17.1 Å². The minimum atomic E-state index is 0.634. The van der Waals surface area contributed by atoms with Crippen molar-refractivity contribution in [3.8, 4) is 5.75 Å². The summed E-state index contributed by atoms with van der Waals surface area (Å²) in [4.78, 5) is 8.64. The van der Waals surface area contributed by atoms with Gasteiger partial charge in [0.25, 0.3) is 0 Å². The van der Waals surface area contributed by atoms with Crippen LogP contribution in [-0.2, 0) is 6.54 Å². The average molecular weight is 229 g/mol. The molecule has 0 aliphatic heterocycles. The fraction of sp³-hybridized carbons (Fsp3) is 0.231. The van der Waals surface area contributed by atoms with Gasteiger partial charge < -0.3 is 10.1 Å². The Morgan fingerprint density at radius 2 is 2.12 bits per heavy atom. The quantitative estimate of drug-likeness (QED) is 0.874. The standard InChI is InChI=1S/C13H15N3O/c1-10-5-3-6-11(16-10)9-15-13-12(17-2)7-4-8-14-13/h3-8H,9H2,1-2H3,(H,14,15). The molecule has 17 heavy (non-hydrogen) atoms. The van der Waals surface area contributed by atoms with Crippen LogP contribution in [0.3, 0.4) is 0 Å². The lowest BCUT2D eigenvalue weighted by Crippen LogP contribution is -2.05. The van der Waals surface area contributed by atoms with Crippen molar-refractivity contribution in [2.24, 2.45) is 0 Å². The molecule has 0 aliphatic carbocycles. The van der Waals surface area contributed by atoms with Crippen LogP contribution in [0.4, 0.5) is 5.82 Å². The summed E-state index contributed by atoms with van der Waals surface area (Å²) in [6.45, 7) is 2.61. The van der Waals surface area contributed by atoms with Gasteiger partial charge in [-0.05, 0) is 31.2 Å². The maximum Gasteiger partial charge on any atom is 0.169 e. The third kappa shape index (κ3) is 2.93. The summed E-state index contributed by atoms with van der Waals surface area (Å²) in [6, 6.07) is 9.67. The Labute approximate surface area is 101 Å². The van der Waals surface area contributed by atoms with Crippen LogP contribution in [0.25, 0.3) is 0 Å². The highest BCUT2D eigenvalue weighted by Crippen LogP contribution is 2.20. The molecule has 0 spiro atoms. The molecule has 4 heteroatoms. The summed E-state index contributed by atoms with van der Waals surface area (Å²) in [5.74, 6) is 1.47. The Morgan fingerprint density at radius 1 is 1.24 bits per heavy atom. The number of aryl methyl sites for hydroxylation is 1. The topological polar surface area (TPSA) is 47.0 Å². The van der Waals surface area contributed by atoms with Crippen LogP contribution in [0.15, 0.2) is 36.5 Å². The molecule has 2 aromatic heterocycles. The number of hydrogen-bond donors (Lipinski definition) is 1. The molecule has 0 fully saturated rings. The molecule has 0 atom stereocenters. The van der Waals surface area contributed by atoms with Gasteiger partial charge in [0.05, 0.1) is 19.3 Å². The second kappa shape index (κ2) is 5.30. The summed E-state index contributed by atoms with van der Waals surface area (Å²) < 4.78 is 5.21. The minimum Gasteiger partial charge on any atom is -0.493 e. The average Bonchev–Trinajstić information content (AvgIpc) is 2.37. The SMILES string of the molecule is COc1cccnc1NCc1cccc(C)n1. The molecule has 1 N–H and O–H groups in total. The lowest BCUT2D eigenvalue weighted by molar-refractivity contribution is 0.415. The van der Waals surface area contributed by atoms with Gasteiger partial charge >= 0.3 is 0 Å². The van der Waals surface area contributed by atoms with Crippen molar-refractivity contribution in [2.75, 3.05) is 12.4 Å². The van der Waals surface area contributed by atoms with E-state index in [1.54, 1.807) is 13.3 Å². The maximum atomic E-state index is 5.21. The normalized spacial score (nSPS) is 10.0. The van der Waals surface area contributed by atoms with E-state index in [4.69, 9.17) is 4.74 Å². The van der Waals surface area contributed by atoms with E-state index in [1.165, 1.54) is 0 Å². The zero-order chi connectivity index (χ0) is 12.1. The molecule has 2 rings (SSSR count). The molecule has 0 radical (unpaired) electrons. The van der Waals surface area contributed by atoms with Crippen LogP contribution < -0.4 is 10.1 Å². The molecule has 0 amide bonds. The molecule has 2 heterocycles. The van der Waals surface area contributed by atoms with Crippen molar-refractivity contribution in [1.82, 2.24) is 9.97 Å². The van der Waals surface area contributed by atoms with Gasteiger partial charge in [0.1, 0.15) is 0 Å². The third-order valence-electron chi connectivity index (χ3n) is 2.37. The van der Waals surface area contributed by atoms with Gasteiger partial charge in [-0.1, -0.05) is 6.07 Å². The number of methoxy groups -OCH3 is 1. The Balaban J connectivity index is 2.07. The number of anilines is 1. The van der Waals surface area contributed by atoms with Crippen LogP contribution >= 0.6 is 0 Å². The Bertz CT molecular complexity index is 500. The molecule has 0 saturated carbocycles. The van der Waals surface area contributed by atoms with Crippen molar-refractivity contribution in [1.29, 1.82) is 0 Å². The first kappa shape index (κ1) is 11.4. The minimum absolute atomic E-state index is 0.634. The Morgan fingerprint density at radius 3 is 2.88 bits per heavy atom. The van der Waals surface area contributed by atoms with E-state index in [0.717, 1.165) is 23.0 Å². The summed E-state index contributed by atoms with van der Waals surface area (Å²) in [5, 5.41) is 3.21.